The van der Waals surface area contributed by atoms with Gasteiger partial charge in [-0.25, -0.2) is 0 Å². The van der Waals surface area contributed by atoms with Crippen molar-refractivity contribution < 1.29 is 5.11 Å². The maximum Gasteiger partial charge on any atom is 0.0546 e. The lowest BCUT2D eigenvalue weighted by Gasteiger charge is -2.20. The summed E-state index contributed by atoms with van der Waals surface area (Å²) in [6, 6.07) is 18.8. The Balaban J connectivity index is 2.06. The third kappa shape index (κ3) is 2.86. The van der Waals surface area contributed by atoms with Crippen molar-refractivity contribution in [2.24, 2.45) is 0 Å². The molecule has 2 atom stereocenters. The van der Waals surface area contributed by atoms with Gasteiger partial charge in [0.2, 0.25) is 0 Å². The summed E-state index contributed by atoms with van der Waals surface area (Å²) in [5.41, 5.74) is 3.68. The Morgan fingerprint density at radius 2 is 1.71 bits per heavy atom. The van der Waals surface area contributed by atoms with Gasteiger partial charge in [0.1, 0.15) is 0 Å². The van der Waals surface area contributed by atoms with Gasteiger partial charge in [0, 0.05) is 23.0 Å². The molecule has 21 heavy (non-hydrogen) atoms. The zero-order chi connectivity index (χ0) is 14.7. The number of H-pyrrole nitrogens is 1. The summed E-state index contributed by atoms with van der Waals surface area (Å²) in [5, 5.41) is 11.4. The van der Waals surface area contributed by atoms with Gasteiger partial charge in [0.15, 0.2) is 0 Å². The van der Waals surface area contributed by atoms with Gasteiger partial charge in [-0.2, -0.15) is 0 Å². The molecule has 3 aromatic rings. The molecule has 0 bridgehead atoms. The highest BCUT2D eigenvalue weighted by molar-refractivity contribution is 5.84. The molecule has 0 amide bonds. The van der Waals surface area contributed by atoms with E-state index < -0.39 is 0 Å². The standard InChI is InChI=1S/C19H21NO/c1-2-15(21)12-17(14-8-4-3-5-9-14)18-13-20-19-11-7-6-10-16(18)19/h3-11,13,15,17,20-21H,2,12H2,1H3. The molecule has 108 valence electrons. The lowest BCUT2D eigenvalue weighted by molar-refractivity contribution is 0.155. The highest BCUT2D eigenvalue weighted by atomic mass is 16.3. The molecule has 2 unspecified atom stereocenters. The van der Waals surface area contributed by atoms with Gasteiger partial charge >= 0.3 is 0 Å². The summed E-state index contributed by atoms with van der Waals surface area (Å²) in [7, 11) is 0. The average molecular weight is 279 g/mol. The molecule has 0 saturated heterocycles. The summed E-state index contributed by atoms with van der Waals surface area (Å²) in [6.07, 6.45) is 3.35. The first-order valence-electron chi connectivity index (χ1n) is 7.58. The van der Waals surface area contributed by atoms with Crippen molar-refractivity contribution in [1.29, 1.82) is 0 Å². The zero-order valence-electron chi connectivity index (χ0n) is 12.3. The molecule has 0 aliphatic rings. The minimum absolute atomic E-state index is 0.220. The van der Waals surface area contributed by atoms with Crippen LogP contribution in [0.2, 0.25) is 0 Å². The van der Waals surface area contributed by atoms with Gasteiger partial charge in [0.25, 0.3) is 0 Å². The molecule has 0 spiro atoms. The van der Waals surface area contributed by atoms with Crippen LogP contribution in [-0.4, -0.2) is 16.2 Å². The van der Waals surface area contributed by atoms with E-state index in [9.17, 15) is 5.11 Å². The first-order valence-corrected chi connectivity index (χ1v) is 7.58. The van der Waals surface area contributed by atoms with Crippen LogP contribution in [0.4, 0.5) is 0 Å². The van der Waals surface area contributed by atoms with E-state index in [0.29, 0.717) is 0 Å². The summed E-state index contributed by atoms with van der Waals surface area (Å²) in [6.45, 7) is 2.03. The van der Waals surface area contributed by atoms with E-state index in [0.717, 1.165) is 18.4 Å². The van der Waals surface area contributed by atoms with Crippen LogP contribution in [-0.2, 0) is 0 Å². The Labute approximate surface area is 125 Å². The summed E-state index contributed by atoms with van der Waals surface area (Å²) < 4.78 is 0. The van der Waals surface area contributed by atoms with Crippen LogP contribution in [0, 0.1) is 0 Å². The number of para-hydroxylation sites is 1. The number of benzene rings is 2. The second kappa shape index (κ2) is 6.15. The Kier molecular flexibility index (Phi) is 4.07. The van der Waals surface area contributed by atoms with Gasteiger partial charge in [0.05, 0.1) is 6.10 Å². The third-order valence-corrected chi connectivity index (χ3v) is 4.18. The number of hydrogen-bond acceptors (Lipinski definition) is 1. The third-order valence-electron chi connectivity index (χ3n) is 4.18. The van der Waals surface area contributed by atoms with E-state index in [1.807, 2.05) is 19.1 Å². The molecule has 0 aliphatic heterocycles. The van der Waals surface area contributed by atoms with Gasteiger partial charge in [-0.05, 0) is 30.0 Å². The van der Waals surface area contributed by atoms with E-state index in [4.69, 9.17) is 0 Å². The molecule has 2 heteroatoms. The van der Waals surface area contributed by atoms with Crippen molar-refractivity contribution >= 4 is 10.9 Å². The van der Waals surface area contributed by atoms with E-state index in [1.54, 1.807) is 0 Å². The number of aliphatic hydroxyl groups is 1. The Morgan fingerprint density at radius 3 is 2.48 bits per heavy atom. The second-order valence-electron chi connectivity index (χ2n) is 5.55. The highest BCUT2D eigenvalue weighted by Crippen LogP contribution is 2.34. The maximum atomic E-state index is 10.2. The molecule has 2 nitrogen and oxygen atoms in total. The molecule has 3 rings (SSSR count). The molecular formula is C19H21NO. The lowest BCUT2D eigenvalue weighted by atomic mass is 9.86. The average Bonchev–Trinajstić information content (AvgIpc) is 2.97. The molecule has 0 radical (unpaired) electrons. The van der Waals surface area contributed by atoms with E-state index in [2.05, 4.69) is 53.6 Å². The van der Waals surface area contributed by atoms with Crippen molar-refractivity contribution in [3.05, 3.63) is 71.9 Å². The second-order valence-corrected chi connectivity index (χ2v) is 5.55. The molecule has 1 heterocycles. The number of fused-ring (bicyclic) bond motifs is 1. The van der Waals surface area contributed by atoms with Crippen LogP contribution in [0.1, 0.15) is 36.8 Å². The number of nitrogens with one attached hydrogen (secondary N) is 1. The molecule has 2 N–H and O–H groups in total. The van der Waals surface area contributed by atoms with Gasteiger partial charge in [-0.1, -0.05) is 55.5 Å². The molecule has 2 aromatic carbocycles. The predicted molar refractivity (Wildman–Crippen MR) is 87.5 cm³/mol. The minimum Gasteiger partial charge on any atom is -0.393 e. The van der Waals surface area contributed by atoms with Crippen molar-refractivity contribution in [3.8, 4) is 0 Å². The van der Waals surface area contributed by atoms with Crippen molar-refractivity contribution in [2.45, 2.75) is 31.8 Å². The van der Waals surface area contributed by atoms with Crippen LogP contribution in [0.3, 0.4) is 0 Å². The molecule has 1 aromatic heterocycles. The molecular weight excluding hydrogens is 258 g/mol. The fourth-order valence-electron chi connectivity index (χ4n) is 2.95. The highest BCUT2D eigenvalue weighted by Gasteiger charge is 2.20. The lowest BCUT2D eigenvalue weighted by Crippen LogP contribution is -2.12. The number of aromatic amines is 1. The molecule has 0 aliphatic carbocycles. The normalized spacial score (nSPS) is 14.2. The van der Waals surface area contributed by atoms with E-state index in [1.165, 1.54) is 16.5 Å². The van der Waals surface area contributed by atoms with Crippen LogP contribution in [0.15, 0.2) is 60.8 Å². The minimum atomic E-state index is -0.274. The monoisotopic (exact) mass is 279 g/mol. The first-order chi connectivity index (χ1) is 10.3. The Bertz CT molecular complexity index is 702. The zero-order valence-corrected chi connectivity index (χ0v) is 12.3. The largest absolute Gasteiger partial charge is 0.393 e. The first kappa shape index (κ1) is 13.9. The van der Waals surface area contributed by atoms with E-state index >= 15 is 0 Å². The van der Waals surface area contributed by atoms with Crippen LogP contribution in [0.25, 0.3) is 10.9 Å². The van der Waals surface area contributed by atoms with Crippen molar-refractivity contribution in [1.82, 2.24) is 4.98 Å². The Morgan fingerprint density at radius 1 is 1.00 bits per heavy atom. The summed E-state index contributed by atoms with van der Waals surface area (Å²) in [5.74, 6) is 0.220. The topological polar surface area (TPSA) is 36.0 Å². The number of aromatic nitrogens is 1. The number of hydrogen-bond donors (Lipinski definition) is 2. The fraction of sp³-hybridized carbons (Fsp3) is 0.263. The van der Waals surface area contributed by atoms with Gasteiger partial charge < -0.3 is 10.1 Å². The number of rotatable bonds is 5. The van der Waals surface area contributed by atoms with Gasteiger partial charge in [-0.3, -0.25) is 0 Å². The fourth-order valence-corrected chi connectivity index (χ4v) is 2.95. The van der Waals surface area contributed by atoms with Crippen LogP contribution in [0.5, 0.6) is 0 Å². The van der Waals surface area contributed by atoms with Crippen molar-refractivity contribution in [2.75, 3.05) is 0 Å². The van der Waals surface area contributed by atoms with Gasteiger partial charge in [-0.15, -0.1) is 0 Å². The number of aliphatic hydroxyl groups excluding tert-OH is 1. The van der Waals surface area contributed by atoms with Crippen LogP contribution >= 0.6 is 0 Å². The summed E-state index contributed by atoms with van der Waals surface area (Å²) >= 11 is 0. The SMILES string of the molecule is CCC(O)CC(c1ccccc1)c1c[nH]c2ccccc12. The Hall–Kier alpha value is -2.06. The predicted octanol–water partition coefficient (Wildman–Crippen LogP) is 4.46. The quantitative estimate of drug-likeness (QED) is 0.710. The smallest absolute Gasteiger partial charge is 0.0546 e. The van der Waals surface area contributed by atoms with Crippen LogP contribution < -0.4 is 0 Å². The maximum absolute atomic E-state index is 10.2. The molecule has 0 saturated carbocycles. The van der Waals surface area contributed by atoms with E-state index in [-0.39, 0.29) is 12.0 Å². The van der Waals surface area contributed by atoms with Crippen molar-refractivity contribution in [3.63, 3.8) is 0 Å². The summed E-state index contributed by atoms with van der Waals surface area (Å²) in [4.78, 5) is 3.35. The molecule has 0 fully saturated rings.